The van der Waals surface area contributed by atoms with Crippen molar-refractivity contribution in [2.45, 2.75) is 38.6 Å². The maximum Gasteiger partial charge on any atom is 0.416 e. The van der Waals surface area contributed by atoms with Gasteiger partial charge in [0.1, 0.15) is 17.0 Å². The molecular weight excluding hydrogens is 452 g/mol. The van der Waals surface area contributed by atoms with E-state index in [9.17, 15) is 26.3 Å². The predicted octanol–water partition coefficient (Wildman–Crippen LogP) is 5.05. The first kappa shape index (κ1) is 23.1. The molecule has 0 aliphatic carbocycles. The summed E-state index contributed by atoms with van der Waals surface area (Å²) in [5.74, 6) is -1.27. The van der Waals surface area contributed by atoms with Crippen LogP contribution in [0.3, 0.4) is 0 Å². The van der Waals surface area contributed by atoms with Crippen LogP contribution in [0.25, 0.3) is 16.8 Å². The second kappa shape index (κ2) is 9.08. The highest BCUT2D eigenvalue weighted by molar-refractivity contribution is 5.82. The third kappa shape index (κ3) is 4.85. The van der Waals surface area contributed by atoms with Gasteiger partial charge in [0.15, 0.2) is 5.82 Å². The molecule has 178 valence electrons. The van der Waals surface area contributed by atoms with Gasteiger partial charge in [-0.25, -0.2) is 4.39 Å². The summed E-state index contributed by atoms with van der Waals surface area (Å²) in [5.41, 5.74) is -1.75. The molecule has 0 saturated carbocycles. The number of alkyl halides is 5. The van der Waals surface area contributed by atoms with Gasteiger partial charge in [0.25, 0.3) is 0 Å². The number of nitrogens with one attached hydrogen (secondary N) is 1. The minimum atomic E-state index is -4.78. The minimum absolute atomic E-state index is 0.0382. The van der Waals surface area contributed by atoms with Crippen molar-refractivity contribution in [2.75, 3.05) is 25.0 Å². The summed E-state index contributed by atoms with van der Waals surface area (Å²) in [5, 5.41) is 11.3. The van der Waals surface area contributed by atoms with Crippen LogP contribution in [0, 0.1) is 5.82 Å². The minimum Gasteiger partial charge on any atom is -0.434 e. The molecule has 0 radical (unpaired) electrons. The Labute approximate surface area is 185 Å². The maximum absolute atomic E-state index is 14.7. The summed E-state index contributed by atoms with van der Waals surface area (Å²) in [4.78, 5) is 2.26. The van der Waals surface area contributed by atoms with Crippen LogP contribution < -0.4 is 10.1 Å². The molecule has 4 rings (SSSR count). The highest BCUT2D eigenvalue weighted by Gasteiger charge is 2.32. The summed E-state index contributed by atoms with van der Waals surface area (Å²) >= 11 is 0. The van der Waals surface area contributed by atoms with Gasteiger partial charge in [-0.15, -0.1) is 10.2 Å². The molecule has 0 amide bonds. The van der Waals surface area contributed by atoms with E-state index in [1.165, 1.54) is 10.6 Å². The molecule has 1 fully saturated rings. The van der Waals surface area contributed by atoms with Gasteiger partial charge in [0, 0.05) is 24.3 Å². The van der Waals surface area contributed by atoms with E-state index in [0.29, 0.717) is 12.1 Å². The zero-order valence-corrected chi connectivity index (χ0v) is 17.5. The molecule has 1 atom stereocenters. The molecule has 1 N–H and O–H groups in total. The summed E-state index contributed by atoms with van der Waals surface area (Å²) in [6, 6.07) is 3.24. The first-order valence-electron chi connectivity index (χ1n) is 10.4. The van der Waals surface area contributed by atoms with E-state index in [-0.39, 0.29) is 28.8 Å². The van der Waals surface area contributed by atoms with Gasteiger partial charge in [0.05, 0.1) is 5.56 Å². The Hall–Kier alpha value is -3.02. The monoisotopic (exact) mass is 473 g/mol. The highest BCUT2D eigenvalue weighted by Crippen LogP contribution is 2.39. The molecule has 0 unspecified atom stereocenters. The molecule has 3 heterocycles. The van der Waals surface area contributed by atoms with Crippen LogP contribution >= 0.6 is 0 Å². The lowest BCUT2D eigenvalue weighted by molar-refractivity contribution is -0.138. The lowest BCUT2D eigenvalue weighted by atomic mass is 10.1. The Balaban J connectivity index is 1.77. The van der Waals surface area contributed by atoms with Gasteiger partial charge in [-0.05, 0) is 50.2 Å². The smallest absolute Gasteiger partial charge is 0.416 e. The molecule has 6 nitrogen and oxygen atoms in total. The number of likely N-dealkylation sites (tertiary alicyclic amines) is 1. The van der Waals surface area contributed by atoms with Crippen molar-refractivity contribution in [3.63, 3.8) is 0 Å². The number of likely N-dealkylation sites (N-methyl/N-ethyl adjacent to an activating group) is 1. The van der Waals surface area contributed by atoms with Crippen LogP contribution in [0.1, 0.15) is 25.3 Å². The average molecular weight is 473 g/mol. The molecule has 33 heavy (non-hydrogen) atoms. The lowest BCUT2D eigenvalue weighted by Gasteiger charge is -2.32. The van der Waals surface area contributed by atoms with E-state index in [2.05, 4.69) is 32.1 Å². The van der Waals surface area contributed by atoms with Crippen molar-refractivity contribution in [2.24, 2.45) is 0 Å². The number of hydrogen-bond donors (Lipinski definition) is 1. The van der Waals surface area contributed by atoms with E-state index < -0.39 is 29.9 Å². The van der Waals surface area contributed by atoms with Crippen LogP contribution in [0.4, 0.5) is 32.3 Å². The number of halogens is 6. The number of nitrogens with zero attached hydrogens (tertiary/aromatic N) is 4. The Morgan fingerprint density at radius 3 is 2.70 bits per heavy atom. The van der Waals surface area contributed by atoms with Gasteiger partial charge in [0.2, 0.25) is 5.95 Å². The Morgan fingerprint density at radius 2 is 2.00 bits per heavy atom. The summed E-state index contributed by atoms with van der Waals surface area (Å²) in [6.45, 7) is 1.29. The molecule has 0 spiro atoms. The number of fused-ring (bicyclic) bond motifs is 1. The maximum atomic E-state index is 14.7. The number of benzene rings is 1. The standard InChI is InChI=1S/C21H21F6N5O/c1-2-31-8-3-4-13(11-31)28-20-30-29-17(18-15(22)7-9-32(18)20)14-6-5-12(21(25,26)27)10-16(14)33-19(23)24/h5-7,9-10,13,19H,2-4,8,11H2,1H3,(H,28,30)/t13-/m1/s1. The van der Waals surface area contributed by atoms with Gasteiger partial charge in [-0.2, -0.15) is 22.0 Å². The van der Waals surface area contributed by atoms with Crippen LogP contribution in [0.15, 0.2) is 30.5 Å². The van der Waals surface area contributed by atoms with E-state index in [1.54, 1.807) is 0 Å². The third-order valence-electron chi connectivity index (χ3n) is 5.60. The van der Waals surface area contributed by atoms with Crippen LogP contribution in [0.2, 0.25) is 0 Å². The molecule has 1 aliphatic rings. The summed E-state index contributed by atoms with van der Waals surface area (Å²) in [6.07, 6.45) is -1.54. The molecule has 1 aliphatic heterocycles. The summed E-state index contributed by atoms with van der Waals surface area (Å²) in [7, 11) is 0. The van der Waals surface area contributed by atoms with Gasteiger partial charge >= 0.3 is 12.8 Å². The Morgan fingerprint density at radius 1 is 1.21 bits per heavy atom. The first-order valence-corrected chi connectivity index (χ1v) is 10.4. The fourth-order valence-corrected chi connectivity index (χ4v) is 4.02. The zero-order chi connectivity index (χ0) is 23.8. The van der Waals surface area contributed by atoms with Crippen LogP contribution in [-0.2, 0) is 6.18 Å². The first-order chi connectivity index (χ1) is 15.7. The number of piperidine rings is 1. The largest absolute Gasteiger partial charge is 0.434 e. The second-order valence-corrected chi connectivity index (χ2v) is 7.72. The normalized spacial score (nSPS) is 17.6. The lowest BCUT2D eigenvalue weighted by Crippen LogP contribution is -2.42. The number of hydrogen-bond acceptors (Lipinski definition) is 5. The van der Waals surface area contributed by atoms with Crippen molar-refractivity contribution in [3.8, 4) is 17.0 Å². The van der Waals surface area contributed by atoms with Crippen LogP contribution in [-0.4, -0.2) is 51.8 Å². The van der Waals surface area contributed by atoms with Crippen LogP contribution in [0.5, 0.6) is 5.75 Å². The number of anilines is 1. The number of aromatic nitrogens is 3. The van der Waals surface area contributed by atoms with Gasteiger partial charge < -0.3 is 15.0 Å². The van der Waals surface area contributed by atoms with E-state index >= 15 is 0 Å². The zero-order valence-electron chi connectivity index (χ0n) is 17.5. The summed E-state index contributed by atoms with van der Waals surface area (Å²) < 4.78 is 85.6. The van der Waals surface area contributed by atoms with E-state index in [1.807, 2.05) is 0 Å². The molecule has 0 bridgehead atoms. The molecule has 2 aromatic heterocycles. The van der Waals surface area contributed by atoms with Crippen molar-refractivity contribution in [1.82, 2.24) is 19.5 Å². The fraction of sp³-hybridized carbons (Fsp3) is 0.429. The van der Waals surface area contributed by atoms with E-state index in [4.69, 9.17) is 0 Å². The Bertz CT molecular complexity index is 1130. The van der Waals surface area contributed by atoms with E-state index in [0.717, 1.165) is 44.6 Å². The van der Waals surface area contributed by atoms with Gasteiger partial charge in [-0.1, -0.05) is 6.92 Å². The molecule has 1 aromatic carbocycles. The van der Waals surface area contributed by atoms with Crippen molar-refractivity contribution in [3.05, 3.63) is 41.8 Å². The third-order valence-corrected chi connectivity index (χ3v) is 5.60. The van der Waals surface area contributed by atoms with Crippen molar-refractivity contribution < 1.29 is 31.1 Å². The number of rotatable bonds is 6. The second-order valence-electron chi connectivity index (χ2n) is 7.72. The Kier molecular flexibility index (Phi) is 6.37. The fourth-order valence-electron chi connectivity index (χ4n) is 4.02. The SMILES string of the molecule is CCN1CCC[C@@H](Nc2nnc(-c3ccc(C(F)(F)F)cc3OC(F)F)c3c(F)ccn23)C1. The molecule has 3 aromatic rings. The van der Waals surface area contributed by atoms with Crippen molar-refractivity contribution in [1.29, 1.82) is 0 Å². The quantitative estimate of drug-likeness (QED) is 0.508. The number of ether oxygens (including phenoxy) is 1. The average Bonchev–Trinajstić information content (AvgIpc) is 3.15. The highest BCUT2D eigenvalue weighted by atomic mass is 19.4. The van der Waals surface area contributed by atoms with Gasteiger partial charge in [-0.3, -0.25) is 4.40 Å². The predicted molar refractivity (Wildman–Crippen MR) is 109 cm³/mol. The molecule has 12 heteroatoms. The molecular formula is C21H21F6N5O. The molecule has 1 saturated heterocycles. The topological polar surface area (TPSA) is 54.7 Å². The van der Waals surface area contributed by atoms with Crippen molar-refractivity contribution >= 4 is 11.5 Å².